The second-order valence-electron chi connectivity index (χ2n) is 9.14. The van der Waals surface area contributed by atoms with Crippen LogP contribution in [-0.4, -0.2) is 88.0 Å². The van der Waals surface area contributed by atoms with E-state index in [1.54, 1.807) is 13.8 Å². The number of amides is 3. The third-order valence-corrected chi connectivity index (χ3v) is 5.66. The molecule has 0 aromatic heterocycles. The average molecular weight is 504 g/mol. The molecule has 0 aliphatic carbocycles. The van der Waals surface area contributed by atoms with Crippen molar-refractivity contribution in [3.63, 3.8) is 0 Å². The van der Waals surface area contributed by atoms with Crippen molar-refractivity contribution in [2.75, 3.05) is 19.8 Å². The lowest BCUT2D eigenvalue weighted by Gasteiger charge is -2.26. The highest BCUT2D eigenvalue weighted by Crippen LogP contribution is 2.09. The number of hydrogen-bond donors (Lipinski definition) is 7. The molecule has 3 amide bonds. The maximum absolute atomic E-state index is 13.1. The van der Waals surface area contributed by atoms with Gasteiger partial charge in [-0.05, 0) is 70.6 Å². The number of carbonyl (C=O) groups excluding carboxylic acids is 4. The summed E-state index contributed by atoms with van der Waals surface area (Å²) in [6, 6.07) is -2.74. The molecule has 0 fully saturated rings. The van der Waals surface area contributed by atoms with Gasteiger partial charge >= 0.3 is 0 Å². The topological polar surface area (TPSA) is 185 Å². The molecule has 4 atom stereocenters. The van der Waals surface area contributed by atoms with Crippen LogP contribution in [0.15, 0.2) is 0 Å². The van der Waals surface area contributed by atoms with E-state index in [0.29, 0.717) is 38.5 Å². The van der Waals surface area contributed by atoms with E-state index in [1.165, 1.54) is 6.92 Å². The maximum atomic E-state index is 13.1. The summed E-state index contributed by atoms with van der Waals surface area (Å²) >= 11 is 0. The number of nitrogens with one attached hydrogen (secondary N) is 3. The Kier molecular flexibility index (Phi) is 18.0. The van der Waals surface area contributed by atoms with Crippen molar-refractivity contribution in [3.05, 3.63) is 0 Å². The van der Waals surface area contributed by atoms with E-state index in [9.17, 15) is 24.3 Å². The molecule has 0 aromatic carbocycles. The molecular weight excluding hydrogens is 458 g/mol. The highest BCUT2D eigenvalue weighted by atomic mass is 16.3. The molecule has 0 saturated carbocycles. The molecule has 0 aromatic rings. The number of aliphatic hydroxyl groups is 4. The van der Waals surface area contributed by atoms with Crippen molar-refractivity contribution in [2.45, 2.75) is 103 Å². The highest BCUT2D eigenvalue weighted by molar-refractivity contribution is 5.94. The Morgan fingerprint density at radius 1 is 0.629 bits per heavy atom. The molecule has 0 bridgehead atoms. The van der Waals surface area contributed by atoms with Crippen LogP contribution in [0, 0.1) is 5.92 Å². The van der Waals surface area contributed by atoms with E-state index in [1.807, 2.05) is 0 Å². The molecule has 0 heterocycles. The molecule has 11 heteroatoms. The van der Waals surface area contributed by atoms with Gasteiger partial charge in [0.25, 0.3) is 0 Å². The first-order valence-corrected chi connectivity index (χ1v) is 12.5. The van der Waals surface area contributed by atoms with Crippen molar-refractivity contribution in [3.8, 4) is 0 Å². The molecule has 11 nitrogen and oxygen atoms in total. The van der Waals surface area contributed by atoms with Gasteiger partial charge in [0.2, 0.25) is 17.7 Å². The van der Waals surface area contributed by atoms with Gasteiger partial charge in [-0.3, -0.25) is 19.2 Å². The smallest absolute Gasteiger partial charge is 0.249 e. The number of rotatable bonds is 20. The van der Waals surface area contributed by atoms with E-state index in [-0.39, 0.29) is 50.8 Å². The summed E-state index contributed by atoms with van der Waals surface area (Å²) in [5.41, 5.74) is 0. The van der Waals surface area contributed by atoms with Gasteiger partial charge in [-0.1, -0.05) is 13.8 Å². The van der Waals surface area contributed by atoms with Crippen LogP contribution in [-0.2, 0) is 19.2 Å². The summed E-state index contributed by atoms with van der Waals surface area (Å²) in [6.45, 7) is 4.76. The van der Waals surface area contributed by atoms with Crippen LogP contribution in [0.2, 0.25) is 0 Å². The van der Waals surface area contributed by atoms with Crippen molar-refractivity contribution >= 4 is 23.5 Å². The zero-order chi connectivity index (χ0) is 26.8. The van der Waals surface area contributed by atoms with Gasteiger partial charge in [-0.15, -0.1) is 0 Å². The maximum Gasteiger partial charge on any atom is 0.249 e. The average Bonchev–Trinajstić information content (AvgIpc) is 2.80. The summed E-state index contributed by atoms with van der Waals surface area (Å²) in [4.78, 5) is 50.3. The number of unbranched alkanes of at least 4 members (excludes halogenated alkanes) is 3. The molecule has 0 aliphatic heterocycles. The minimum absolute atomic E-state index is 0.0540. The fourth-order valence-electron chi connectivity index (χ4n) is 3.57. The lowest BCUT2D eigenvalue weighted by atomic mass is 9.99. The molecule has 0 rings (SSSR count). The van der Waals surface area contributed by atoms with Crippen LogP contribution < -0.4 is 16.0 Å². The van der Waals surface area contributed by atoms with Crippen LogP contribution in [0.4, 0.5) is 0 Å². The monoisotopic (exact) mass is 503 g/mol. The van der Waals surface area contributed by atoms with Crippen molar-refractivity contribution in [1.82, 2.24) is 16.0 Å². The summed E-state index contributed by atoms with van der Waals surface area (Å²) in [5.74, 6) is -2.24. The van der Waals surface area contributed by atoms with E-state index >= 15 is 0 Å². The van der Waals surface area contributed by atoms with E-state index < -0.39 is 42.0 Å². The molecule has 0 spiro atoms. The Labute approximate surface area is 208 Å². The Balaban J connectivity index is 5.44. The largest absolute Gasteiger partial charge is 0.396 e. The summed E-state index contributed by atoms with van der Waals surface area (Å²) in [7, 11) is 0. The minimum Gasteiger partial charge on any atom is -0.396 e. The molecule has 204 valence electrons. The third-order valence-electron chi connectivity index (χ3n) is 5.66. The van der Waals surface area contributed by atoms with Gasteiger partial charge in [0.1, 0.15) is 18.2 Å². The first kappa shape index (κ1) is 32.9. The fourth-order valence-corrected chi connectivity index (χ4v) is 3.57. The Morgan fingerprint density at radius 2 is 1.03 bits per heavy atom. The van der Waals surface area contributed by atoms with E-state index in [4.69, 9.17) is 15.3 Å². The highest BCUT2D eigenvalue weighted by Gasteiger charge is 2.30. The van der Waals surface area contributed by atoms with Gasteiger partial charge in [-0.2, -0.15) is 0 Å². The second kappa shape index (κ2) is 19.1. The van der Waals surface area contributed by atoms with Gasteiger partial charge < -0.3 is 36.4 Å². The van der Waals surface area contributed by atoms with Crippen molar-refractivity contribution in [2.24, 2.45) is 5.92 Å². The van der Waals surface area contributed by atoms with E-state index in [2.05, 4.69) is 16.0 Å². The summed E-state index contributed by atoms with van der Waals surface area (Å²) in [5, 5.41) is 44.9. The quantitative estimate of drug-likeness (QED) is 0.109. The van der Waals surface area contributed by atoms with E-state index in [0.717, 1.165) is 0 Å². The Bertz CT molecular complexity index is 644. The van der Waals surface area contributed by atoms with Gasteiger partial charge in [-0.25, -0.2) is 0 Å². The van der Waals surface area contributed by atoms with Crippen molar-refractivity contribution in [1.29, 1.82) is 0 Å². The number of Topliss-reactive ketones (excluding diaryl/α,β-unsaturated/α-hetero) is 1. The number of ketones is 1. The van der Waals surface area contributed by atoms with Crippen LogP contribution in [0.5, 0.6) is 0 Å². The summed E-state index contributed by atoms with van der Waals surface area (Å²) in [6.07, 6.45) is 1.79. The first-order chi connectivity index (χ1) is 16.6. The molecular formula is C24H45N3O8. The van der Waals surface area contributed by atoms with Gasteiger partial charge in [0, 0.05) is 19.8 Å². The Morgan fingerprint density at radius 3 is 1.43 bits per heavy atom. The van der Waals surface area contributed by atoms with Crippen LogP contribution in [0.25, 0.3) is 0 Å². The summed E-state index contributed by atoms with van der Waals surface area (Å²) < 4.78 is 0. The number of carbonyl (C=O) groups is 4. The zero-order valence-corrected chi connectivity index (χ0v) is 21.3. The van der Waals surface area contributed by atoms with Gasteiger partial charge in [0.05, 0.1) is 6.04 Å². The Hall–Kier alpha value is -2.08. The molecule has 0 saturated heterocycles. The predicted molar refractivity (Wildman–Crippen MR) is 130 cm³/mol. The molecule has 7 N–H and O–H groups in total. The van der Waals surface area contributed by atoms with Crippen LogP contribution >= 0.6 is 0 Å². The predicted octanol–water partition coefficient (Wildman–Crippen LogP) is -0.465. The SMILES string of the molecule is CC(=O)C(NC(=O)[C@H](CCCCO)NC(=O)C(CCCCO)NC(=O)[C@@H](O)CCCCO)C(C)C. The zero-order valence-electron chi connectivity index (χ0n) is 21.3. The lowest BCUT2D eigenvalue weighted by Crippen LogP contribution is -2.57. The molecule has 0 radical (unpaired) electrons. The van der Waals surface area contributed by atoms with Crippen LogP contribution in [0.1, 0.15) is 78.6 Å². The molecule has 35 heavy (non-hydrogen) atoms. The number of hydrogen-bond acceptors (Lipinski definition) is 8. The third kappa shape index (κ3) is 14.2. The lowest BCUT2D eigenvalue weighted by molar-refractivity contribution is -0.136. The van der Waals surface area contributed by atoms with Gasteiger partial charge in [0.15, 0.2) is 5.78 Å². The molecule has 2 unspecified atom stereocenters. The van der Waals surface area contributed by atoms with Crippen molar-refractivity contribution < 1.29 is 39.6 Å². The standard InChI is InChI=1S/C24H45N3O8/c1-16(2)21(17(3)31)27-23(34)19(11-5-8-14-29)25-22(33)18(10-4-7-13-28)26-24(35)20(32)12-6-9-15-30/h16,18-21,28-30,32H,4-15H2,1-3H3,(H,25,33)(H,26,35)(H,27,34)/t18?,19-,20-,21?/m0/s1. The minimum atomic E-state index is -1.35. The first-order valence-electron chi connectivity index (χ1n) is 12.5. The van der Waals surface area contributed by atoms with Crippen LogP contribution in [0.3, 0.4) is 0 Å². The molecule has 0 aliphatic rings. The normalized spacial score (nSPS) is 14.6. The number of aliphatic hydroxyl groups excluding tert-OH is 4. The fraction of sp³-hybridized carbons (Fsp3) is 0.833. The second-order valence-corrected chi connectivity index (χ2v) is 9.14.